The molecule has 86 valence electrons. The van der Waals surface area contributed by atoms with E-state index in [1.165, 1.54) is 11.3 Å². The third kappa shape index (κ3) is 3.76. The van der Waals surface area contributed by atoms with E-state index >= 15 is 0 Å². The molecule has 0 radical (unpaired) electrons. The number of thiazole rings is 1. The van der Waals surface area contributed by atoms with E-state index in [4.69, 9.17) is 0 Å². The Morgan fingerprint density at radius 2 is 2.29 bits per heavy atom. The molecule has 1 N–H and O–H groups in total. The van der Waals surface area contributed by atoms with Crippen LogP contribution in [0, 0.1) is 0 Å². The van der Waals surface area contributed by atoms with Gasteiger partial charge in [0.25, 0.3) is 0 Å². The van der Waals surface area contributed by atoms with Crippen LogP contribution >= 0.6 is 11.3 Å². The normalized spacial score (nSPS) is 10.6. The number of pyridine rings is 1. The van der Waals surface area contributed by atoms with Crippen molar-refractivity contribution in [1.29, 1.82) is 0 Å². The summed E-state index contributed by atoms with van der Waals surface area (Å²) in [5, 5.41) is 3.84. The fourth-order valence-electron chi connectivity index (χ4n) is 1.20. The van der Waals surface area contributed by atoms with Crippen molar-refractivity contribution < 1.29 is 9.36 Å². The number of hydrazone groups is 1. The highest BCUT2D eigenvalue weighted by Gasteiger charge is 2.06. The Morgan fingerprint density at radius 1 is 1.47 bits per heavy atom. The highest BCUT2D eigenvalue weighted by atomic mass is 32.1. The second kappa shape index (κ2) is 5.86. The van der Waals surface area contributed by atoms with Crippen molar-refractivity contribution >= 4 is 23.5 Å². The van der Waals surface area contributed by atoms with Crippen molar-refractivity contribution in [2.75, 3.05) is 0 Å². The number of hydrogen-bond donors (Lipinski definition) is 1. The van der Waals surface area contributed by atoms with Gasteiger partial charge < -0.3 is 0 Å². The van der Waals surface area contributed by atoms with Crippen molar-refractivity contribution in [2.24, 2.45) is 5.10 Å². The molecule has 0 unspecified atom stereocenters. The van der Waals surface area contributed by atoms with E-state index in [2.05, 4.69) is 15.5 Å². The Bertz CT molecular complexity index is 495. The summed E-state index contributed by atoms with van der Waals surface area (Å²) in [5.74, 6) is -0.165. The van der Waals surface area contributed by atoms with Crippen LogP contribution in [0.2, 0.25) is 0 Å². The Hall–Kier alpha value is -2.08. The van der Waals surface area contributed by atoms with E-state index in [0.29, 0.717) is 0 Å². The van der Waals surface area contributed by atoms with Crippen LogP contribution in [0.1, 0.15) is 4.88 Å². The monoisotopic (exact) mass is 247 g/mol. The molecule has 0 spiro atoms. The maximum Gasteiger partial charge on any atom is 0.305 e. The molecule has 0 aromatic carbocycles. The summed E-state index contributed by atoms with van der Waals surface area (Å²) in [5.41, 5.74) is 4.17. The minimum absolute atomic E-state index is 0.165. The number of hydrogen-bond acceptors (Lipinski definition) is 4. The molecule has 1 amide bonds. The molecule has 0 bridgehead atoms. The van der Waals surface area contributed by atoms with Gasteiger partial charge in [-0.15, -0.1) is 11.3 Å². The first-order valence-corrected chi connectivity index (χ1v) is 5.87. The largest absolute Gasteiger partial charge is 0.305 e. The third-order valence-corrected chi connectivity index (χ3v) is 2.65. The van der Waals surface area contributed by atoms with Crippen molar-refractivity contribution in [3.63, 3.8) is 0 Å². The summed E-state index contributed by atoms with van der Waals surface area (Å²) in [4.78, 5) is 16.3. The summed E-state index contributed by atoms with van der Waals surface area (Å²) < 4.78 is 1.78. The summed E-state index contributed by atoms with van der Waals surface area (Å²) in [7, 11) is 0. The zero-order chi connectivity index (χ0) is 11.9. The Morgan fingerprint density at radius 3 is 3.00 bits per heavy atom. The lowest BCUT2D eigenvalue weighted by atomic mass is 10.4. The molecular weight excluding hydrogens is 236 g/mol. The molecule has 17 heavy (non-hydrogen) atoms. The van der Waals surface area contributed by atoms with Gasteiger partial charge in [0, 0.05) is 18.3 Å². The number of nitrogens with one attached hydrogen (secondary N) is 1. The average molecular weight is 247 g/mol. The molecule has 2 aromatic heterocycles. The van der Waals surface area contributed by atoms with Gasteiger partial charge in [-0.25, -0.2) is 5.43 Å². The first-order valence-electron chi connectivity index (χ1n) is 4.99. The Labute approximate surface area is 102 Å². The molecule has 0 aliphatic carbocycles. The number of carbonyl (C=O) groups is 1. The number of rotatable bonds is 4. The van der Waals surface area contributed by atoms with Crippen LogP contribution in [0.25, 0.3) is 0 Å². The van der Waals surface area contributed by atoms with Crippen molar-refractivity contribution in [1.82, 2.24) is 10.4 Å². The van der Waals surface area contributed by atoms with Crippen LogP contribution in [-0.4, -0.2) is 17.1 Å². The minimum atomic E-state index is -0.165. The lowest BCUT2D eigenvalue weighted by molar-refractivity contribution is -0.684. The third-order valence-electron chi connectivity index (χ3n) is 1.94. The second-order valence-electron chi connectivity index (χ2n) is 3.24. The zero-order valence-electron chi connectivity index (χ0n) is 8.98. The summed E-state index contributed by atoms with van der Waals surface area (Å²) in [6.45, 7) is 0.251. The topological polar surface area (TPSA) is 58.2 Å². The average Bonchev–Trinajstić information content (AvgIpc) is 2.83. The van der Waals surface area contributed by atoms with Crippen LogP contribution in [0.4, 0.5) is 0 Å². The van der Waals surface area contributed by atoms with E-state index in [1.807, 2.05) is 30.6 Å². The lowest BCUT2D eigenvalue weighted by Crippen LogP contribution is -2.40. The van der Waals surface area contributed by atoms with Crippen molar-refractivity contribution in [3.8, 4) is 0 Å². The SMILES string of the molecule is O=C(C[n+]1ccccc1)N/N=C\c1cncs1. The number of aromatic nitrogens is 2. The molecule has 6 heteroatoms. The smallest absolute Gasteiger partial charge is 0.266 e. The second-order valence-corrected chi connectivity index (χ2v) is 4.16. The van der Waals surface area contributed by atoms with Crippen LogP contribution in [0.5, 0.6) is 0 Å². The van der Waals surface area contributed by atoms with E-state index in [-0.39, 0.29) is 12.5 Å². The molecule has 2 heterocycles. The maximum absolute atomic E-state index is 11.5. The Kier molecular flexibility index (Phi) is 3.93. The fourth-order valence-corrected chi connectivity index (χ4v) is 1.68. The molecule has 0 aliphatic rings. The molecule has 0 atom stereocenters. The lowest BCUT2D eigenvalue weighted by Gasteiger charge is -1.95. The maximum atomic E-state index is 11.5. The summed E-state index contributed by atoms with van der Waals surface area (Å²) >= 11 is 1.46. The predicted molar refractivity (Wildman–Crippen MR) is 64.5 cm³/mol. The molecule has 0 saturated heterocycles. The van der Waals surface area contributed by atoms with Gasteiger partial charge in [-0.1, -0.05) is 6.07 Å². The molecule has 0 fully saturated rings. The van der Waals surface area contributed by atoms with Gasteiger partial charge in [-0.05, 0) is 0 Å². The summed E-state index contributed by atoms with van der Waals surface area (Å²) in [6.07, 6.45) is 6.91. The quantitative estimate of drug-likeness (QED) is 0.488. The van der Waals surface area contributed by atoms with Gasteiger partial charge >= 0.3 is 5.91 Å². The number of carbonyl (C=O) groups excluding carboxylic acids is 1. The molecule has 0 saturated carbocycles. The summed E-state index contributed by atoms with van der Waals surface area (Å²) in [6, 6.07) is 5.64. The van der Waals surface area contributed by atoms with Gasteiger partial charge in [0.1, 0.15) is 0 Å². The van der Waals surface area contributed by atoms with Gasteiger partial charge in [0.05, 0.1) is 16.6 Å². The predicted octanol–water partition coefficient (Wildman–Crippen LogP) is 0.581. The van der Waals surface area contributed by atoms with E-state index < -0.39 is 0 Å². The van der Waals surface area contributed by atoms with Gasteiger partial charge in [-0.3, -0.25) is 9.78 Å². The Balaban J connectivity index is 1.82. The first-order chi connectivity index (χ1) is 8.34. The van der Waals surface area contributed by atoms with Crippen LogP contribution in [0.15, 0.2) is 47.4 Å². The number of nitrogens with zero attached hydrogens (tertiary/aromatic N) is 3. The standard InChI is InChI=1S/C11H10N4OS/c16-11(8-15-4-2-1-3-5-15)14-13-7-10-6-12-9-17-10/h1-7,9H,8H2/p+1/b13-7-. The first kappa shape index (κ1) is 11.4. The van der Waals surface area contributed by atoms with E-state index in [0.717, 1.165) is 4.88 Å². The van der Waals surface area contributed by atoms with E-state index in [1.54, 1.807) is 22.5 Å². The minimum Gasteiger partial charge on any atom is -0.266 e. The fraction of sp³-hybridized carbons (Fsp3) is 0.0909. The molecular formula is C11H11N4OS+. The number of amides is 1. The highest BCUT2D eigenvalue weighted by molar-refractivity contribution is 7.11. The zero-order valence-corrected chi connectivity index (χ0v) is 9.80. The molecule has 2 aromatic rings. The molecule has 2 rings (SSSR count). The molecule has 5 nitrogen and oxygen atoms in total. The highest BCUT2D eigenvalue weighted by Crippen LogP contribution is 2.00. The van der Waals surface area contributed by atoms with Gasteiger partial charge in [-0.2, -0.15) is 9.67 Å². The van der Waals surface area contributed by atoms with Gasteiger partial charge in [0.2, 0.25) is 6.54 Å². The van der Waals surface area contributed by atoms with Crippen molar-refractivity contribution in [3.05, 3.63) is 47.2 Å². The van der Waals surface area contributed by atoms with Gasteiger partial charge in [0.15, 0.2) is 12.4 Å². The molecule has 0 aliphatic heterocycles. The van der Waals surface area contributed by atoms with Crippen LogP contribution < -0.4 is 9.99 Å². The van der Waals surface area contributed by atoms with Crippen LogP contribution in [-0.2, 0) is 11.3 Å². The van der Waals surface area contributed by atoms with Crippen LogP contribution in [0.3, 0.4) is 0 Å². The van der Waals surface area contributed by atoms with E-state index in [9.17, 15) is 4.79 Å². The van der Waals surface area contributed by atoms with Crippen molar-refractivity contribution in [2.45, 2.75) is 6.54 Å².